The van der Waals surface area contributed by atoms with Crippen molar-refractivity contribution in [3.63, 3.8) is 0 Å². The Morgan fingerprint density at radius 1 is 0.354 bits per heavy atom. The summed E-state index contributed by atoms with van der Waals surface area (Å²) < 4.78 is 0. The Bertz CT molecular complexity index is 4010. The maximum Gasteiger partial charge on any atom is 0.252 e. The summed E-state index contributed by atoms with van der Waals surface area (Å²) in [6.45, 7) is 34.5. The Morgan fingerprint density at radius 3 is 1.29 bits per heavy atom. The maximum atomic E-state index is 2.75. The van der Waals surface area contributed by atoms with Crippen molar-refractivity contribution < 1.29 is 0 Å². The number of rotatable bonds is 8. The van der Waals surface area contributed by atoms with Gasteiger partial charge in [-0.05, 0) is 183 Å². The number of hydrogen-bond donors (Lipinski definition) is 0. The van der Waals surface area contributed by atoms with E-state index in [1.54, 1.807) is 0 Å². The second-order valence-electron chi connectivity index (χ2n) is 29.9. The average molecular weight is 1070 g/mol. The Kier molecular flexibility index (Phi) is 11.5. The minimum atomic E-state index is -0.255. The summed E-state index contributed by atoms with van der Waals surface area (Å²) in [6.07, 6.45) is 3.30. The largest absolute Gasteiger partial charge is 0.311 e. The lowest BCUT2D eigenvalue weighted by atomic mass is 9.33. The highest BCUT2D eigenvalue weighted by atomic mass is 15.2. The van der Waals surface area contributed by atoms with Gasteiger partial charge in [-0.2, -0.15) is 0 Å². The number of benzene rings is 9. The minimum absolute atomic E-state index is 0.000757. The number of nitrogens with zero attached hydrogens (tertiary/aromatic N) is 2. The van der Waals surface area contributed by atoms with Gasteiger partial charge in [0.05, 0.1) is 5.69 Å². The standard InChI is InChI=1S/C79H81BN2/c1-73(2)47-74(3,4)59-42-56(36-37-58(59)73)81-67-45-62-60(75(5,6)48-77(62,9)10)43-64(67)80-65-44-61-63(78(11,12)49-76(61,7)8)46-68(65)82(66-38-35-55(41-57(66)50-27-19-15-20-28-50)79(13,14)54-33-25-18-26-34-54)70-40-53(39-69(81)72(70)80)71(51-29-21-16-22-30-51)52-31-23-17-24-32-52/h15-46,71H,47-49H2,1-14H3. The van der Waals surface area contributed by atoms with Crippen molar-refractivity contribution in [3.8, 4) is 11.1 Å². The highest BCUT2D eigenvalue weighted by Gasteiger charge is 2.52. The molecule has 3 aliphatic carbocycles. The molecule has 0 N–H and O–H groups in total. The first kappa shape index (κ1) is 52.7. The van der Waals surface area contributed by atoms with Crippen LogP contribution >= 0.6 is 0 Å². The van der Waals surface area contributed by atoms with E-state index in [9.17, 15) is 0 Å². The second-order valence-corrected chi connectivity index (χ2v) is 29.9. The molecule has 0 bridgehead atoms. The minimum Gasteiger partial charge on any atom is -0.311 e. The molecule has 0 saturated carbocycles. The quantitative estimate of drug-likeness (QED) is 0.111. The van der Waals surface area contributed by atoms with Crippen LogP contribution in [0.2, 0.25) is 0 Å². The Labute approximate surface area is 490 Å². The molecular formula is C79H81BN2. The van der Waals surface area contributed by atoms with Gasteiger partial charge in [0.25, 0.3) is 6.71 Å². The molecular weight excluding hydrogens is 988 g/mol. The summed E-state index contributed by atoms with van der Waals surface area (Å²) in [7, 11) is 0. The van der Waals surface area contributed by atoms with Crippen LogP contribution in [-0.4, -0.2) is 6.71 Å². The molecule has 14 rings (SSSR count). The van der Waals surface area contributed by atoms with E-state index in [2.05, 4.69) is 301 Å². The number of anilines is 6. The number of fused-ring (bicyclic) bond motifs is 7. The molecule has 0 fully saturated rings. The smallest absolute Gasteiger partial charge is 0.252 e. The number of hydrogen-bond acceptors (Lipinski definition) is 2. The van der Waals surface area contributed by atoms with Crippen molar-refractivity contribution in [2.75, 3.05) is 9.80 Å². The van der Waals surface area contributed by atoms with Gasteiger partial charge in [0, 0.05) is 45.3 Å². The van der Waals surface area contributed by atoms with Crippen molar-refractivity contribution >= 4 is 57.2 Å². The van der Waals surface area contributed by atoms with E-state index in [1.807, 2.05) is 0 Å². The lowest BCUT2D eigenvalue weighted by molar-refractivity contribution is 0.403. The molecule has 0 saturated heterocycles. The summed E-state index contributed by atoms with van der Waals surface area (Å²) in [6, 6.07) is 76.0. The van der Waals surface area contributed by atoms with Gasteiger partial charge in [-0.3, -0.25) is 0 Å². The Morgan fingerprint density at radius 2 is 0.780 bits per heavy atom. The Hall–Kier alpha value is -7.36. The van der Waals surface area contributed by atoms with E-state index in [-0.39, 0.29) is 50.5 Å². The molecule has 3 heteroatoms. The molecule has 5 aliphatic rings. The average Bonchev–Trinajstić information content (AvgIpc) is 1.26. The van der Waals surface area contributed by atoms with Crippen LogP contribution in [0.15, 0.2) is 194 Å². The van der Waals surface area contributed by atoms with Crippen molar-refractivity contribution in [2.45, 2.75) is 160 Å². The molecule has 2 aliphatic heterocycles. The highest BCUT2D eigenvalue weighted by molar-refractivity contribution is 7.00. The van der Waals surface area contributed by atoms with E-state index in [0.717, 1.165) is 19.3 Å². The molecule has 0 aromatic heterocycles. The molecule has 0 amide bonds. The van der Waals surface area contributed by atoms with Gasteiger partial charge >= 0.3 is 0 Å². The highest BCUT2D eigenvalue weighted by Crippen LogP contribution is 2.58. The van der Waals surface area contributed by atoms with Crippen molar-refractivity contribution in [2.24, 2.45) is 0 Å². The van der Waals surface area contributed by atoms with Crippen LogP contribution in [0.5, 0.6) is 0 Å². The van der Waals surface area contributed by atoms with E-state index in [1.165, 1.54) is 123 Å². The van der Waals surface area contributed by atoms with Crippen molar-refractivity contribution in [3.05, 3.63) is 255 Å². The van der Waals surface area contributed by atoms with Crippen LogP contribution in [-0.2, 0) is 37.9 Å². The van der Waals surface area contributed by atoms with Crippen LogP contribution in [0.4, 0.5) is 34.1 Å². The third kappa shape index (κ3) is 7.94. The van der Waals surface area contributed by atoms with Gasteiger partial charge in [-0.1, -0.05) is 243 Å². The van der Waals surface area contributed by atoms with Crippen LogP contribution < -0.4 is 26.2 Å². The van der Waals surface area contributed by atoms with Crippen LogP contribution in [0.3, 0.4) is 0 Å². The van der Waals surface area contributed by atoms with Gasteiger partial charge in [0.15, 0.2) is 0 Å². The predicted octanol–water partition coefficient (Wildman–Crippen LogP) is 18.8. The van der Waals surface area contributed by atoms with Crippen LogP contribution in [0.25, 0.3) is 11.1 Å². The summed E-state index contributed by atoms with van der Waals surface area (Å²) in [5, 5.41) is 0. The Balaban J connectivity index is 1.16. The molecule has 0 spiro atoms. The van der Waals surface area contributed by atoms with Gasteiger partial charge in [-0.25, -0.2) is 0 Å². The zero-order chi connectivity index (χ0) is 57.3. The summed E-state index contributed by atoms with van der Waals surface area (Å²) in [5.41, 5.74) is 29.3. The van der Waals surface area contributed by atoms with Gasteiger partial charge < -0.3 is 9.80 Å². The fourth-order valence-corrected chi connectivity index (χ4v) is 17.6. The predicted molar refractivity (Wildman–Crippen MR) is 350 cm³/mol. The SMILES string of the molecule is CC1(C)CC(C)(C)c2cc(N3c4cc5c(cc4B4c6cc7c(cc6N(c6ccc(C(C)(C)c8ccccc8)cc6-c6ccccc6)c6cc(C(c8ccccc8)c8ccccc8)cc3c64)C(C)(C)CC7(C)C)C(C)(C)CC5(C)C)ccc21. The molecule has 2 heterocycles. The van der Waals surface area contributed by atoms with Crippen molar-refractivity contribution in [1.29, 1.82) is 0 Å². The van der Waals surface area contributed by atoms with Crippen LogP contribution in [0.1, 0.15) is 183 Å². The van der Waals surface area contributed by atoms with Crippen molar-refractivity contribution in [1.82, 2.24) is 0 Å². The topological polar surface area (TPSA) is 6.48 Å². The fourth-order valence-electron chi connectivity index (χ4n) is 17.6. The summed E-state index contributed by atoms with van der Waals surface area (Å²) in [5.74, 6) is -0.0456. The first-order chi connectivity index (χ1) is 38.9. The molecule has 82 heavy (non-hydrogen) atoms. The summed E-state index contributed by atoms with van der Waals surface area (Å²) >= 11 is 0. The van der Waals surface area contributed by atoms with E-state index >= 15 is 0 Å². The fraction of sp³-hybridized carbons (Fsp3) is 0.316. The maximum absolute atomic E-state index is 2.75. The van der Waals surface area contributed by atoms with Gasteiger partial charge in [-0.15, -0.1) is 0 Å². The lowest BCUT2D eigenvalue weighted by Crippen LogP contribution is -2.62. The lowest BCUT2D eigenvalue weighted by Gasteiger charge is -2.46. The van der Waals surface area contributed by atoms with Gasteiger partial charge in [0.2, 0.25) is 0 Å². The third-order valence-electron chi connectivity index (χ3n) is 20.8. The molecule has 9 aromatic rings. The van der Waals surface area contributed by atoms with E-state index in [4.69, 9.17) is 0 Å². The van der Waals surface area contributed by atoms with Crippen LogP contribution in [0, 0.1) is 0 Å². The molecule has 2 nitrogen and oxygen atoms in total. The molecule has 410 valence electrons. The molecule has 0 atom stereocenters. The van der Waals surface area contributed by atoms with Gasteiger partial charge in [0.1, 0.15) is 0 Å². The normalized spacial score (nSPS) is 18.6. The zero-order valence-corrected chi connectivity index (χ0v) is 51.1. The first-order valence-corrected chi connectivity index (χ1v) is 30.5. The van der Waals surface area contributed by atoms with E-state index < -0.39 is 0 Å². The second kappa shape index (κ2) is 17.8. The zero-order valence-electron chi connectivity index (χ0n) is 51.1. The summed E-state index contributed by atoms with van der Waals surface area (Å²) in [4.78, 5) is 5.50. The molecule has 0 unspecified atom stereocenters. The molecule has 0 radical (unpaired) electrons. The molecule has 9 aromatic carbocycles. The monoisotopic (exact) mass is 1070 g/mol. The van der Waals surface area contributed by atoms with E-state index in [0.29, 0.717) is 0 Å². The third-order valence-corrected chi connectivity index (χ3v) is 20.8. The first-order valence-electron chi connectivity index (χ1n) is 30.5.